The topological polar surface area (TPSA) is 116 Å². The Balaban J connectivity index is 1.69. The first-order valence-corrected chi connectivity index (χ1v) is 12.1. The number of para-hydroxylation sites is 2. The fourth-order valence-corrected chi connectivity index (χ4v) is 4.82. The van der Waals surface area contributed by atoms with E-state index in [1.165, 1.54) is 18.0 Å². The Kier molecular flexibility index (Phi) is 7.78. The zero-order chi connectivity index (χ0) is 25.5. The summed E-state index contributed by atoms with van der Waals surface area (Å²) >= 11 is 1.18. The van der Waals surface area contributed by atoms with Gasteiger partial charge in [-0.15, -0.1) is 0 Å². The van der Waals surface area contributed by atoms with E-state index in [0.717, 1.165) is 0 Å². The van der Waals surface area contributed by atoms with Crippen molar-refractivity contribution in [3.63, 3.8) is 0 Å². The number of benzene rings is 2. The number of carbonyl (C=O) groups is 2. The van der Waals surface area contributed by atoms with E-state index in [0.29, 0.717) is 44.8 Å². The molecule has 182 valence electrons. The van der Waals surface area contributed by atoms with E-state index in [-0.39, 0.29) is 17.6 Å². The fourth-order valence-electron chi connectivity index (χ4n) is 3.92. The molecule has 0 aliphatic carbocycles. The van der Waals surface area contributed by atoms with Crippen LogP contribution >= 0.6 is 11.8 Å². The van der Waals surface area contributed by atoms with Gasteiger partial charge in [0.05, 0.1) is 41.7 Å². The van der Waals surface area contributed by atoms with Crippen LogP contribution in [-0.2, 0) is 9.59 Å². The quantitative estimate of drug-likeness (QED) is 0.399. The smallest absolute Gasteiger partial charge is 0.254 e. The van der Waals surface area contributed by atoms with Crippen LogP contribution in [0.3, 0.4) is 0 Å². The molecule has 8 nitrogen and oxygen atoms in total. The number of nitriles is 1. The van der Waals surface area contributed by atoms with E-state index < -0.39 is 5.92 Å². The minimum atomic E-state index is -0.702. The largest absolute Gasteiger partial charge is 0.496 e. The van der Waals surface area contributed by atoms with E-state index in [4.69, 9.17) is 9.15 Å². The maximum Gasteiger partial charge on any atom is 0.254 e. The average Bonchev–Trinajstić information content (AvgIpc) is 3.40. The zero-order valence-electron chi connectivity index (χ0n) is 19.7. The molecular weight excluding hydrogens is 476 g/mol. The van der Waals surface area contributed by atoms with Gasteiger partial charge in [0, 0.05) is 28.6 Å². The van der Waals surface area contributed by atoms with Crippen molar-refractivity contribution in [2.45, 2.75) is 12.8 Å². The summed E-state index contributed by atoms with van der Waals surface area (Å²) in [6.45, 7) is 1.78. The second-order valence-corrected chi connectivity index (χ2v) is 8.81. The van der Waals surface area contributed by atoms with Crippen molar-refractivity contribution < 1.29 is 18.7 Å². The number of methoxy groups -OCH3 is 1. The van der Waals surface area contributed by atoms with Gasteiger partial charge in [-0.25, -0.2) is 0 Å². The third-order valence-electron chi connectivity index (χ3n) is 5.51. The Hall–Kier alpha value is -4.42. The number of nitrogens with zero attached hydrogens (tertiary/aromatic N) is 1. The van der Waals surface area contributed by atoms with Crippen molar-refractivity contribution in [3.8, 4) is 11.8 Å². The minimum absolute atomic E-state index is 0.0334. The summed E-state index contributed by atoms with van der Waals surface area (Å²) in [6, 6.07) is 22.0. The standard InChI is InChI=1S/C27H24N4O4S/c1-17-24(26(33)30-18-9-4-3-5-10-18)25(19-11-6-7-12-21(19)34-2)20(15-28)27(29-17)36-16-22(32)31-23-13-8-14-35-23/h3-14,25,29H,16H2,1-2H3,(H,30,33)(H,31,32)/t25-/m0/s1. The van der Waals surface area contributed by atoms with Gasteiger partial charge in [0.2, 0.25) is 5.91 Å². The first kappa shape index (κ1) is 24.7. The molecular formula is C27H24N4O4S. The van der Waals surface area contributed by atoms with Crippen LogP contribution in [0.4, 0.5) is 11.6 Å². The molecule has 1 aliphatic rings. The number of furan rings is 1. The molecule has 1 aliphatic heterocycles. The second kappa shape index (κ2) is 11.3. The summed E-state index contributed by atoms with van der Waals surface area (Å²) in [4.78, 5) is 25.9. The third kappa shape index (κ3) is 5.45. The van der Waals surface area contributed by atoms with Gasteiger partial charge in [-0.3, -0.25) is 14.9 Å². The molecule has 4 rings (SSSR count). The van der Waals surface area contributed by atoms with E-state index in [2.05, 4.69) is 22.0 Å². The predicted octanol–water partition coefficient (Wildman–Crippen LogP) is 4.99. The van der Waals surface area contributed by atoms with Crippen LogP contribution in [0.1, 0.15) is 18.4 Å². The van der Waals surface area contributed by atoms with Crippen molar-refractivity contribution in [2.24, 2.45) is 0 Å². The van der Waals surface area contributed by atoms with E-state index in [1.807, 2.05) is 36.4 Å². The number of anilines is 2. The highest BCUT2D eigenvalue weighted by atomic mass is 32.2. The van der Waals surface area contributed by atoms with Crippen LogP contribution < -0.4 is 20.7 Å². The summed E-state index contributed by atoms with van der Waals surface area (Å²) in [7, 11) is 1.55. The van der Waals surface area contributed by atoms with Crippen LogP contribution in [0.25, 0.3) is 0 Å². The molecule has 3 aromatic rings. The summed E-state index contributed by atoms with van der Waals surface area (Å²) in [5.74, 6) is -0.402. The first-order chi connectivity index (χ1) is 17.5. The second-order valence-electron chi connectivity index (χ2n) is 7.83. The van der Waals surface area contributed by atoms with E-state index in [9.17, 15) is 14.9 Å². The Morgan fingerprint density at radius 1 is 1.08 bits per heavy atom. The minimum Gasteiger partial charge on any atom is -0.496 e. The maximum absolute atomic E-state index is 13.5. The first-order valence-electron chi connectivity index (χ1n) is 11.1. The Bertz CT molecular complexity index is 1360. The van der Waals surface area contributed by atoms with Crippen LogP contribution in [0.2, 0.25) is 0 Å². The van der Waals surface area contributed by atoms with Crippen molar-refractivity contribution in [2.75, 3.05) is 23.5 Å². The molecule has 2 amide bonds. The molecule has 0 radical (unpaired) electrons. The molecule has 0 bridgehead atoms. The molecule has 9 heteroatoms. The molecule has 1 aromatic heterocycles. The van der Waals surface area contributed by atoms with Gasteiger partial charge in [-0.1, -0.05) is 48.2 Å². The van der Waals surface area contributed by atoms with Gasteiger partial charge in [-0.05, 0) is 31.2 Å². The highest BCUT2D eigenvalue weighted by molar-refractivity contribution is 8.03. The van der Waals surface area contributed by atoms with Crippen molar-refractivity contribution >= 4 is 35.1 Å². The monoisotopic (exact) mass is 500 g/mol. The molecule has 0 unspecified atom stereocenters. The van der Waals surface area contributed by atoms with Gasteiger partial charge in [-0.2, -0.15) is 5.26 Å². The van der Waals surface area contributed by atoms with Crippen LogP contribution in [0.5, 0.6) is 5.75 Å². The lowest BCUT2D eigenvalue weighted by Gasteiger charge is -2.30. The Morgan fingerprint density at radius 2 is 1.83 bits per heavy atom. The number of nitrogens with one attached hydrogen (secondary N) is 3. The average molecular weight is 501 g/mol. The Labute approximate surface area is 213 Å². The van der Waals surface area contributed by atoms with Gasteiger partial charge >= 0.3 is 0 Å². The highest BCUT2D eigenvalue weighted by Crippen LogP contribution is 2.43. The summed E-state index contributed by atoms with van der Waals surface area (Å²) in [6.07, 6.45) is 1.47. The lowest BCUT2D eigenvalue weighted by Crippen LogP contribution is -2.31. The van der Waals surface area contributed by atoms with Crippen molar-refractivity contribution in [1.82, 2.24) is 5.32 Å². The number of hydrogen-bond donors (Lipinski definition) is 3. The SMILES string of the molecule is COc1ccccc1[C@H]1C(C#N)=C(SCC(=O)Nc2ccco2)NC(C)=C1C(=O)Nc1ccccc1. The number of ether oxygens (including phenoxy) is 1. The van der Waals surface area contributed by atoms with Crippen LogP contribution in [0, 0.1) is 11.3 Å². The number of allylic oxidation sites excluding steroid dienone is 2. The lowest BCUT2D eigenvalue weighted by molar-refractivity contribution is -0.114. The van der Waals surface area contributed by atoms with E-state index in [1.54, 1.807) is 44.4 Å². The fraction of sp³-hybridized carbons (Fsp3) is 0.148. The highest BCUT2D eigenvalue weighted by Gasteiger charge is 2.36. The Morgan fingerprint density at radius 3 is 2.53 bits per heavy atom. The summed E-state index contributed by atoms with van der Waals surface area (Å²) in [5, 5.41) is 19.5. The zero-order valence-corrected chi connectivity index (χ0v) is 20.5. The van der Waals surface area contributed by atoms with Gasteiger partial charge < -0.3 is 19.8 Å². The molecule has 0 saturated heterocycles. The molecule has 1 atom stereocenters. The van der Waals surface area contributed by atoms with Gasteiger partial charge in [0.25, 0.3) is 5.91 Å². The molecule has 2 aromatic carbocycles. The maximum atomic E-state index is 13.5. The molecule has 0 fully saturated rings. The molecule has 0 saturated carbocycles. The summed E-state index contributed by atoms with van der Waals surface area (Å²) in [5.41, 5.74) is 2.60. The number of amides is 2. The number of hydrogen-bond acceptors (Lipinski definition) is 7. The molecule has 0 spiro atoms. The number of rotatable bonds is 8. The van der Waals surface area contributed by atoms with Gasteiger partial charge in [0.15, 0.2) is 5.88 Å². The van der Waals surface area contributed by atoms with Crippen molar-refractivity contribution in [1.29, 1.82) is 5.26 Å². The predicted molar refractivity (Wildman–Crippen MR) is 139 cm³/mol. The molecule has 36 heavy (non-hydrogen) atoms. The normalized spacial score (nSPS) is 15.1. The third-order valence-corrected chi connectivity index (χ3v) is 6.52. The van der Waals surface area contributed by atoms with Crippen molar-refractivity contribution in [3.05, 3.63) is 100 Å². The number of thioether (sulfide) groups is 1. The molecule has 2 heterocycles. The number of carbonyl (C=O) groups excluding carboxylic acids is 2. The van der Waals surface area contributed by atoms with E-state index >= 15 is 0 Å². The lowest BCUT2D eigenvalue weighted by atomic mass is 9.81. The van der Waals surface area contributed by atoms with Crippen LogP contribution in [-0.4, -0.2) is 24.7 Å². The summed E-state index contributed by atoms with van der Waals surface area (Å²) < 4.78 is 10.7. The van der Waals surface area contributed by atoms with Crippen LogP contribution in [0.15, 0.2) is 99.3 Å². The molecule has 3 N–H and O–H groups in total. The van der Waals surface area contributed by atoms with Gasteiger partial charge in [0.1, 0.15) is 5.75 Å². The number of dihydropyridines is 1.